The third-order valence-corrected chi connectivity index (χ3v) is 3.00. The summed E-state index contributed by atoms with van der Waals surface area (Å²) in [7, 11) is -2.03. The first kappa shape index (κ1) is 17.9. The number of rotatable bonds is 8. The highest BCUT2D eigenvalue weighted by Crippen LogP contribution is 2.17. The molecule has 0 spiro atoms. The highest BCUT2D eigenvalue weighted by Gasteiger charge is 2.16. The monoisotopic (exact) mass is 330 g/mol. The number of benzene rings is 1. The first-order valence-corrected chi connectivity index (χ1v) is 8.22. The average Bonchev–Trinajstić information content (AvgIpc) is 2.44. The molecular formula is C13H18N2O6S. The van der Waals surface area contributed by atoms with Crippen LogP contribution in [0.5, 0.6) is 0 Å². The maximum atomic E-state index is 11.9. The predicted octanol–water partition coefficient (Wildman–Crippen LogP) is -0.0225. The van der Waals surface area contributed by atoms with Crippen molar-refractivity contribution in [2.24, 2.45) is 0 Å². The second kappa shape index (κ2) is 8.35. The Bertz CT molecular complexity index is 629. The first-order chi connectivity index (χ1) is 10.3. The predicted molar refractivity (Wildman–Crippen MR) is 80.1 cm³/mol. The Balaban J connectivity index is 2.64. The Morgan fingerprint density at radius 3 is 2.55 bits per heavy atom. The van der Waals surface area contributed by atoms with Crippen LogP contribution in [0.4, 0.5) is 5.69 Å². The molecule has 1 amide bonds. The van der Waals surface area contributed by atoms with Crippen molar-refractivity contribution in [3.05, 3.63) is 29.8 Å². The molecule has 1 aromatic carbocycles. The van der Waals surface area contributed by atoms with E-state index < -0.39 is 28.5 Å². The Kier molecular flexibility index (Phi) is 6.80. The topological polar surface area (TPSA) is 111 Å². The maximum absolute atomic E-state index is 11.9. The summed E-state index contributed by atoms with van der Waals surface area (Å²) in [6, 6.07) is 5.96. The zero-order valence-electron chi connectivity index (χ0n) is 12.3. The molecule has 1 rings (SSSR count). The summed E-state index contributed by atoms with van der Waals surface area (Å²) in [6.07, 6.45) is 0.971. The molecule has 0 fully saturated rings. The Hall–Kier alpha value is -2.13. The molecule has 0 saturated carbocycles. The van der Waals surface area contributed by atoms with Crippen LogP contribution < -0.4 is 10.0 Å². The van der Waals surface area contributed by atoms with Crippen molar-refractivity contribution in [1.29, 1.82) is 0 Å². The minimum Gasteiger partial charge on any atom is -0.452 e. The van der Waals surface area contributed by atoms with E-state index in [9.17, 15) is 18.0 Å². The van der Waals surface area contributed by atoms with Gasteiger partial charge in [-0.25, -0.2) is 13.2 Å². The van der Waals surface area contributed by atoms with Gasteiger partial charge in [0.1, 0.15) is 0 Å². The molecule has 0 aromatic heterocycles. The van der Waals surface area contributed by atoms with Gasteiger partial charge in [0.2, 0.25) is 10.0 Å². The van der Waals surface area contributed by atoms with Crippen LogP contribution >= 0.6 is 0 Å². The zero-order valence-corrected chi connectivity index (χ0v) is 13.1. The van der Waals surface area contributed by atoms with Crippen molar-refractivity contribution in [1.82, 2.24) is 5.32 Å². The zero-order chi connectivity index (χ0) is 16.6. The van der Waals surface area contributed by atoms with Crippen LogP contribution in [0.2, 0.25) is 0 Å². The fourth-order valence-corrected chi connectivity index (χ4v) is 2.08. The third-order valence-electron chi connectivity index (χ3n) is 2.41. The minimum atomic E-state index is -3.53. The van der Waals surface area contributed by atoms with Gasteiger partial charge in [-0.15, -0.1) is 0 Å². The molecule has 0 bridgehead atoms. The summed E-state index contributed by atoms with van der Waals surface area (Å²) in [4.78, 5) is 23.3. The summed E-state index contributed by atoms with van der Waals surface area (Å²) in [6.45, 7) is 0.190. The molecular weight excluding hydrogens is 312 g/mol. The van der Waals surface area contributed by atoms with Crippen molar-refractivity contribution < 1.29 is 27.5 Å². The van der Waals surface area contributed by atoms with Gasteiger partial charge in [0.05, 0.1) is 24.1 Å². The first-order valence-electron chi connectivity index (χ1n) is 6.33. The van der Waals surface area contributed by atoms with Gasteiger partial charge >= 0.3 is 5.97 Å². The second-order valence-electron chi connectivity index (χ2n) is 4.34. The van der Waals surface area contributed by atoms with Crippen molar-refractivity contribution in [2.45, 2.75) is 0 Å². The van der Waals surface area contributed by atoms with Crippen LogP contribution in [-0.4, -0.2) is 53.4 Å². The summed E-state index contributed by atoms with van der Waals surface area (Å²) < 4.78 is 34.3. The van der Waals surface area contributed by atoms with Crippen molar-refractivity contribution in [2.75, 3.05) is 37.8 Å². The highest BCUT2D eigenvalue weighted by molar-refractivity contribution is 7.92. The van der Waals surface area contributed by atoms with E-state index in [2.05, 4.69) is 10.0 Å². The number of methoxy groups -OCH3 is 1. The molecule has 1 aromatic rings. The number of ether oxygens (including phenoxy) is 2. The Morgan fingerprint density at radius 2 is 1.91 bits per heavy atom. The quantitative estimate of drug-likeness (QED) is 0.512. The normalized spacial score (nSPS) is 10.8. The summed E-state index contributed by atoms with van der Waals surface area (Å²) in [5.74, 6) is -1.27. The van der Waals surface area contributed by atoms with Gasteiger partial charge in [-0.1, -0.05) is 12.1 Å². The lowest BCUT2D eigenvalue weighted by Gasteiger charge is -2.10. The van der Waals surface area contributed by atoms with Gasteiger partial charge in [-0.3, -0.25) is 9.52 Å². The molecule has 2 N–H and O–H groups in total. The van der Waals surface area contributed by atoms with E-state index in [0.717, 1.165) is 6.26 Å². The SMILES string of the molecule is COCCNC(=O)COC(=O)c1ccccc1NS(C)(=O)=O. The fourth-order valence-electron chi connectivity index (χ4n) is 1.50. The Morgan fingerprint density at radius 1 is 1.23 bits per heavy atom. The maximum Gasteiger partial charge on any atom is 0.340 e. The summed E-state index contributed by atoms with van der Waals surface area (Å²) in [5, 5.41) is 2.49. The smallest absolute Gasteiger partial charge is 0.340 e. The second-order valence-corrected chi connectivity index (χ2v) is 6.09. The molecule has 0 heterocycles. The number of carbonyl (C=O) groups is 2. The number of para-hydroxylation sites is 1. The number of amides is 1. The number of hydrogen-bond acceptors (Lipinski definition) is 6. The van der Waals surface area contributed by atoms with Crippen LogP contribution in [0, 0.1) is 0 Å². The average molecular weight is 330 g/mol. The van der Waals surface area contributed by atoms with Crippen molar-refractivity contribution in [3.8, 4) is 0 Å². The van der Waals surface area contributed by atoms with E-state index in [4.69, 9.17) is 9.47 Å². The summed E-state index contributed by atoms with van der Waals surface area (Å²) in [5.41, 5.74) is 0.118. The van der Waals surface area contributed by atoms with E-state index in [1.807, 2.05) is 0 Å². The van der Waals surface area contributed by atoms with Crippen molar-refractivity contribution >= 4 is 27.6 Å². The summed E-state index contributed by atoms with van der Waals surface area (Å²) >= 11 is 0. The number of hydrogen-bond donors (Lipinski definition) is 2. The molecule has 8 nitrogen and oxygen atoms in total. The van der Waals surface area contributed by atoms with Crippen LogP contribution in [0.25, 0.3) is 0 Å². The minimum absolute atomic E-state index is 0.0256. The van der Waals surface area contributed by atoms with Gasteiger partial charge < -0.3 is 14.8 Å². The van der Waals surface area contributed by atoms with Crippen LogP contribution in [0.1, 0.15) is 10.4 Å². The number of sulfonamides is 1. The molecule has 0 saturated heterocycles. The number of esters is 1. The lowest BCUT2D eigenvalue weighted by atomic mass is 10.2. The molecule has 0 aliphatic rings. The van der Waals surface area contributed by atoms with Crippen molar-refractivity contribution in [3.63, 3.8) is 0 Å². The molecule has 122 valence electrons. The third kappa shape index (κ3) is 6.55. The van der Waals surface area contributed by atoms with E-state index in [1.54, 1.807) is 12.1 Å². The van der Waals surface area contributed by atoms with Crippen LogP contribution in [0.3, 0.4) is 0 Å². The molecule has 0 aliphatic heterocycles. The fraction of sp³-hybridized carbons (Fsp3) is 0.385. The van der Waals surface area contributed by atoms with E-state index >= 15 is 0 Å². The van der Waals surface area contributed by atoms with E-state index in [1.165, 1.54) is 19.2 Å². The molecule has 0 radical (unpaired) electrons. The van der Waals surface area contributed by atoms with Crippen LogP contribution in [0.15, 0.2) is 24.3 Å². The largest absolute Gasteiger partial charge is 0.452 e. The molecule has 9 heteroatoms. The number of carbonyl (C=O) groups excluding carboxylic acids is 2. The number of nitrogens with one attached hydrogen (secondary N) is 2. The lowest BCUT2D eigenvalue weighted by molar-refractivity contribution is -0.124. The van der Waals surface area contributed by atoms with Gasteiger partial charge in [0.15, 0.2) is 6.61 Å². The van der Waals surface area contributed by atoms with Gasteiger partial charge in [-0.05, 0) is 12.1 Å². The van der Waals surface area contributed by atoms with Gasteiger partial charge in [-0.2, -0.15) is 0 Å². The molecule has 0 aliphatic carbocycles. The molecule has 0 unspecified atom stereocenters. The molecule has 22 heavy (non-hydrogen) atoms. The number of anilines is 1. The Labute approximate surface area is 128 Å². The van der Waals surface area contributed by atoms with E-state index in [0.29, 0.717) is 13.2 Å². The van der Waals surface area contributed by atoms with Gasteiger partial charge in [0, 0.05) is 13.7 Å². The molecule has 0 atom stereocenters. The van der Waals surface area contributed by atoms with Crippen LogP contribution in [-0.2, 0) is 24.3 Å². The van der Waals surface area contributed by atoms with E-state index in [-0.39, 0.29) is 11.3 Å². The standard InChI is InChI=1S/C13H18N2O6S/c1-20-8-7-14-12(16)9-21-13(17)10-5-3-4-6-11(10)15-22(2,18)19/h3-6,15H,7-9H2,1-2H3,(H,14,16). The van der Waals surface area contributed by atoms with Gasteiger partial charge in [0.25, 0.3) is 5.91 Å². The lowest BCUT2D eigenvalue weighted by Crippen LogP contribution is -2.31. The highest BCUT2D eigenvalue weighted by atomic mass is 32.2.